The average molecular weight is 466 g/mol. The summed E-state index contributed by atoms with van der Waals surface area (Å²) in [4.78, 5) is 27.2. The highest BCUT2D eigenvalue weighted by Crippen LogP contribution is 2.30. The Hall–Kier alpha value is -3.46. The van der Waals surface area contributed by atoms with Crippen molar-refractivity contribution < 1.29 is 14.3 Å². The predicted molar refractivity (Wildman–Crippen MR) is 129 cm³/mol. The molecule has 2 aromatic carbocycles. The highest BCUT2D eigenvalue weighted by Gasteiger charge is 2.28. The Labute approximate surface area is 197 Å². The van der Waals surface area contributed by atoms with Crippen molar-refractivity contribution >= 4 is 34.6 Å². The number of nitrogens with zero attached hydrogens (tertiary/aromatic N) is 3. The maximum Gasteiger partial charge on any atom is 0.321 e. The van der Waals surface area contributed by atoms with Crippen LogP contribution in [0.1, 0.15) is 46.1 Å². The summed E-state index contributed by atoms with van der Waals surface area (Å²) in [5.41, 5.74) is 2.46. The van der Waals surface area contributed by atoms with Crippen molar-refractivity contribution in [2.45, 2.75) is 32.6 Å². The molecule has 8 nitrogen and oxygen atoms in total. The summed E-state index contributed by atoms with van der Waals surface area (Å²) >= 11 is 1.29. The maximum atomic E-state index is 12.8. The second-order valence-electron chi connectivity index (χ2n) is 7.89. The van der Waals surface area contributed by atoms with Gasteiger partial charge in [-0.1, -0.05) is 29.5 Å². The summed E-state index contributed by atoms with van der Waals surface area (Å²) < 4.78 is 5.44. The van der Waals surface area contributed by atoms with Crippen molar-refractivity contribution in [3.8, 4) is 5.75 Å². The molecule has 3 aromatic rings. The van der Waals surface area contributed by atoms with Gasteiger partial charge in [0.2, 0.25) is 5.01 Å². The number of rotatable bonds is 6. The number of likely N-dealkylation sites (tertiary alicyclic amines) is 1. The number of aromatic nitrogens is 2. The molecule has 2 heterocycles. The summed E-state index contributed by atoms with van der Waals surface area (Å²) in [7, 11) is 0. The first-order valence-corrected chi connectivity index (χ1v) is 11.8. The second kappa shape index (κ2) is 10.4. The summed E-state index contributed by atoms with van der Waals surface area (Å²) in [5, 5.41) is 15.3. The Morgan fingerprint density at radius 2 is 1.91 bits per heavy atom. The molecule has 1 fully saturated rings. The smallest absolute Gasteiger partial charge is 0.321 e. The van der Waals surface area contributed by atoms with Crippen molar-refractivity contribution in [1.29, 1.82) is 0 Å². The van der Waals surface area contributed by atoms with E-state index in [1.54, 1.807) is 4.90 Å². The van der Waals surface area contributed by atoms with Gasteiger partial charge in [0.25, 0.3) is 5.91 Å². The van der Waals surface area contributed by atoms with E-state index in [2.05, 4.69) is 20.8 Å². The Balaban J connectivity index is 1.36. The van der Waals surface area contributed by atoms with Crippen LogP contribution in [0.5, 0.6) is 5.75 Å². The van der Waals surface area contributed by atoms with Gasteiger partial charge in [-0.3, -0.25) is 4.79 Å². The zero-order valence-corrected chi connectivity index (χ0v) is 19.5. The predicted octanol–water partition coefficient (Wildman–Crippen LogP) is 4.91. The molecule has 4 rings (SSSR count). The van der Waals surface area contributed by atoms with Crippen LogP contribution in [-0.4, -0.2) is 46.7 Å². The van der Waals surface area contributed by atoms with E-state index in [1.165, 1.54) is 11.3 Å². The first-order chi connectivity index (χ1) is 16.0. The number of carbonyl (C=O) groups is 2. The van der Waals surface area contributed by atoms with E-state index >= 15 is 0 Å². The number of aryl methyl sites for hydroxylation is 1. The third-order valence-corrected chi connectivity index (χ3v) is 6.59. The van der Waals surface area contributed by atoms with Crippen LogP contribution in [-0.2, 0) is 0 Å². The van der Waals surface area contributed by atoms with E-state index in [0.717, 1.165) is 40.5 Å². The standard InChI is InChI=1S/C24H27N5O3S/c1-3-32-19-12-10-18(11-13-19)25-24(31)29-14-6-8-17(15-29)22-27-28-23(33-22)21(30)26-20-9-5-4-7-16(20)2/h4-5,7,9-13,17H,3,6,8,14-15H2,1-2H3,(H,25,31)(H,26,30). The molecule has 0 bridgehead atoms. The molecule has 0 spiro atoms. The molecule has 3 amide bonds. The van der Waals surface area contributed by atoms with Gasteiger partial charge in [0.05, 0.1) is 6.61 Å². The van der Waals surface area contributed by atoms with Crippen LogP contribution in [0.25, 0.3) is 0 Å². The van der Waals surface area contributed by atoms with Crippen molar-refractivity contribution in [2.24, 2.45) is 0 Å². The van der Waals surface area contributed by atoms with Crippen LogP contribution < -0.4 is 15.4 Å². The third-order valence-electron chi connectivity index (χ3n) is 5.50. The van der Waals surface area contributed by atoms with Crippen LogP contribution in [0.2, 0.25) is 0 Å². The molecular formula is C24H27N5O3S. The summed E-state index contributed by atoms with van der Waals surface area (Å²) in [6.07, 6.45) is 1.77. The number of para-hydroxylation sites is 1. The molecule has 1 unspecified atom stereocenters. The fourth-order valence-corrected chi connectivity index (χ4v) is 4.61. The number of amides is 3. The lowest BCUT2D eigenvalue weighted by Gasteiger charge is -2.31. The van der Waals surface area contributed by atoms with Crippen LogP contribution in [0.3, 0.4) is 0 Å². The number of piperidine rings is 1. The normalized spacial score (nSPS) is 15.7. The van der Waals surface area contributed by atoms with Crippen LogP contribution in [0.15, 0.2) is 48.5 Å². The minimum Gasteiger partial charge on any atom is -0.494 e. The van der Waals surface area contributed by atoms with E-state index in [1.807, 2.05) is 62.4 Å². The highest BCUT2D eigenvalue weighted by atomic mass is 32.1. The number of urea groups is 1. The second-order valence-corrected chi connectivity index (χ2v) is 8.90. The Kier molecular flexibility index (Phi) is 7.19. The van der Waals surface area contributed by atoms with E-state index in [0.29, 0.717) is 24.7 Å². The molecule has 33 heavy (non-hydrogen) atoms. The molecule has 1 aliphatic rings. The molecule has 1 aromatic heterocycles. The molecule has 1 atom stereocenters. The van der Waals surface area contributed by atoms with Crippen molar-refractivity contribution in [1.82, 2.24) is 15.1 Å². The number of hydrogen-bond donors (Lipinski definition) is 2. The SMILES string of the molecule is CCOc1ccc(NC(=O)N2CCCC(c3nnc(C(=O)Nc4ccccc4C)s3)C2)cc1. The van der Waals surface area contributed by atoms with Crippen LogP contribution in [0.4, 0.5) is 16.2 Å². The number of carbonyl (C=O) groups excluding carboxylic acids is 2. The van der Waals surface area contributed by atoms with Gasteiger partial charge >= 0.3 is 6.03 Å². The Bertz CT molecular complexity index is 1120. The topological polar surface area (TPSA) is 96.4 Å². The van der Waals surface area contributed by atoms with Crippen molar-refractivity contribution in [3.05, 3.63) is 64.1 Å². The molecule has 1 saturated heterocycles. The number of benzene rings is 2. The van der Waals surface area contributed by atoms with Gasteiger partial charge in [0, 0.05) is 30.4 Å². The van der Waals surface area contributed by atoms with E-state index < -0.39 is 0 Å². The molecule has 1 aliphatic heterocycles. The first-order valence-electron chi connectivity index (χ1n) is 11.0. The van der Waals surface area contributed by atoms with Gasteiger partial charge in [-0.2, -0.15) is 0 Å². The molecular weight excluding hydrogens is 438 g/mol. The molecule has 9 heteroatoms. The molecule has 0 aliphatic carbocycles. The van der Waals surface area contributed by atoms with Gasteiger partial charge in [0.15, 0.2) is 0 Å². The summed E-state index contributed by atoms with van der Waals surface area (Å²) in [5.74, 6) is 0.559. The largest absolute Gasteiger partial charge is 0.494 e. The van der Waals surface area contributed by atoms with Crippen molar-refractivity contribution in [2.75, 3.05) is 30.3 Å². The molecule has 0 saturated carbocycles. The number of ether oxygens (including phenoxy) is 1. The lowest BCUT2D eigenvalue weighted by molar-refractivity contribution is 0.102. The van der Waals surface area contributed by atoms with Crippen LogP contribution >= 0.6 is 11.3 Å². The zero-order chi connectivity index (χ0) is 23.2. The lowest BCUT2D eigenvalue weighted by atomic mass is 9.99. The quantitative estimate of drug-likeness (QED) is 0.539. The van der Waals surface area contributed by atoms with Gasteiger partial charge in [-0.25, -0.2) is 4.79 Å². The first kappa shape index (κ1) is 22.7. The third kappa shape index (κ3) is 5.67. The van der Waals surface area contributed by atoms with Gasteiger partial charge in [-0.05, 0) is 62.6 Å². The fraction of sp³-hybridized carbons (Fsp3) is 0.333. The van der Waals surface area contributed by atoms with Crippen LogP contribution in [0, 0.1) is 6.92 Å². The summed E-state index contributed by atoms with van der Waals surface area (Å²) in [6.45, 7) is 5.69. The Morgan fingerprint density at radius 1 is 1.12 bits per heavy atom. The summed E-state index contributed by atoms with van der Waals surface area (Å²) in [6, 6.07) is 14.8. The molecule has 2 N–H and O–H groups in total. The molecule has 172 valence electrons. The van der Waals surface area contributed by atoms with Gasteiger partial charge in [0.1, 0.15) is 10.8 Å². The van der Waals surface area contributed by atoms with Crippen molar-refractivity contribution in [3.63, 3.8) is 0 Å². The average Bonchev–Trinajstić information content (AvgIpc) is 3.33. The Morgan fingerprint density at radius 3 is 2.67 bits per heavy atom. The lowest BCUT2D eigenvalue weighted by Crippen LogP contribution is -2.41. The highest BCUT2D eigenvalue weighted by molar-refractivity contribution is 7.13. The number of nitrogens with one attached hydrogen (secondary N) is 2. The number of hydrogen-bond acceptors (Lipinski definition) is 6. The maximum absolute atomic E-state index is 12.8. The molecule has 0 radical (unpaired) electrons. The minimum absolute atomic E-state index is 0.0577. The zero-order valence-electron chi connectivity index (χ0n) is 18.7. The minimum atomic E-state index is -0.269. The monoisotopic (exact) mass is 465 g/mol. The van der Waals surface area contributed by atoms with Gasteiger partial charge < -0.3 is 20.3 Å². The number of anilines is 2. The van der Waals surface area contributed by atoms with E-state index in [4.69, 9.17) is 4.74 Å². The van der Waals surface area contributed by atoms with Gasteiger partial charge in [-0.15, -0.1) is 10.2 Å². The van der Waals surface area contributed by atoms with E-state index in [-0.39, 0.29) is 17.9 Å². The fourth-order valence-electron chi connectivity index (χ4n) is 3.75. The van der Waals surface area contributed by atoms with E-state index in [9.17, 15) is 9.59 Å².